The zero-order valence-corrected chi connectivity index (χ0v) is 15.4. The molecule has 0 aliphatic carbocycles. The average Bonchev–Trinajstić information content (AvgIpc) is 2.98. The van der Waals surface area contributed by atoms with E-state index in [-0.39, 0.29) is 5.41 Å². The minimum atomic E-state index is 0.161. The summed E-state index contributed by atoms with van der Waals surface area (Å²) < 4.78 is 0. The van der Waals surface area contributed by atoms with E-state index in [1.807, 2.05) is 24.3 Å². The maximum absolute atomic E-state index is 9.94. The molecule has 0 bridgehead atoms. The fourth-order valence-corrected chi connectivity index (χ4v) is 4.26. The summed E-state index contributed by atoms with van der Waals surface area (Å²) in [5.41, 5.74) is 9.39. The van der Waals surface area contributed by atoms with Crippen LogP contribution in [0.2, 0.25) is 0 Å². The number of phenolic OH excluding ortho intramolecular Hbond substituents is 1. The molecule has 3 rings (SSSR count). The predicted molar refractivity (Wildman–Crippen MR) is 105 cm³/mol. The van der Waals surface area contributed by atoms with Crippen molar-refractivity contribution in [3.05, 3.63) is 59.7 Å². The lowest BCUT2D eigenvalue weighted by molar-refractivity contribution is 0.288. The molecular formula is C22H30N2O. The molecule has 1 saturated heterocycles. The molecule has 1 fully saturated rings. The quantitative estimate of drug-likeness (QED) is 0.776. The van der Waals surface area contributed by atoms with E-state index < -0.39 is 0 Å². The average molecular weight is 338 g/mol. The zero-order chi connectivity index (χ0) is 17.9. The van der Waals surface area contributed by atoms with Crippen molar-refractivity contribution < 1.29 is 5.11 Å². The third-order valence-corrected chi connectivity index (χ3v) is 5.39. The van der Waals surface area contributed by atoms with Gasteiger partial charge < -0.3 is 15.7 Å². The molecule has 1 aliphatic heterocycles. The Balaban J connectivity index is 1.70. The molecule has 0 saturated carbocycles. The number of rotatable bonds is 6. The fraction of sp³-hybridized carbons (Fsp3) is 0.455. The van der Waals surface area contributed by atoms with Gasteiger partial charge in [0.1, 0.15) is 5.75 Å². The van der Waals surface area contributed by atoms with Crippen molar-refractivity contribution in [2.45, 2.75) is 38.5 Å². The Kier molecular flexibility index (Phi) is 5.33. The number of nitrogens with two attached hydrogens (primary N) is 1. The molecule has 3 heteroatoms. The van der Waals surface area contributed by atoms with Gasteiger partial charge in [0.2, 0.25) is 0 Å². The SMILES string of the molecule is CC(C)CC1(c2cccc(O)c2)CCN(CCc2ccc(N)cc2)C1. The van der Waals surface area contributed by atoms with Crippen molar-refractivity contribution >= 4 is 5.69 Å². The van der Waals surface area contributed by atoms with Gasteiger partial charge in [-0.25, -0.2) is 0 Å². The van der Waals surface area contributed by atoms with Gasteiger partial charge in [0, 0.05) is 24.2 Å². The van der Waals surface area contributed by atoms with E-state index in [1.165, 1.54) is 11.1 Å². The van der Waals surface area contributed by atoms with Gasteiger partial charge in [-0.2, -0.15) is 0 Å². The zero-order valence-electron chi connectivity index (χ0n) is 15.4. The van der Waals surface area contributed by atoms with E-state index in [2.05, 4.69) is 36.9 Å². The largest absolute Gasteiger partial charge is 0.508 e. The first kappa shape index (κ1) is 17.8. The molecule has 1 atom stereocenters. The number of hydrogen-bond acceptors (Lipinski definition) is 3. The van der Waals surface area contributed by atoms with Gasteiger partial charge in [-0.1, -0.05) is 38.1 Å². The highest BCUT2D eigenvalue weighted by molar-refractivity contribution is 5.39. The number of likely N-dealkylation sites (tertiary alicyclic amines) is 1. The van der Waals surface area contributed by atoms with Crippen LogP contribution in [-0.4, -0.2) is 29.6 Å². The maximum atomic E-state index is 9.94. The Morgan fingerprint density at radius 2 is 1.92 bits per heavy atom. The van der Waals surface area contributed by atoms with Crippen LogP contribution in [0.25, 0.3) is 0 Å². The van der Waals surface area contributed by atoms with Gasteiger partial charge in [-0.15, -0.1) is 0 Å². The molecule has 3 nitrogen and oxygen atoms in total. The summed E-state index contributed by atoms with van der Waals surface area (Å²) in [4.78, 5) is 2.57. The molecular weight excluding hydrogens is 308 g/mol. The smallest absolute Gasteiger partial charge is 0.115 e. The summed E-state index contributed by atoms with van der Waals surface area (Å²) in [6.07, 6.45) is 3.38. The van der Waals surface area contributed by atoms with Crippen molar-refractivity contribution in [1.29, 1.82) is 0 Å². The minimum absolute atomic E-state index is 0.161. The monoisotopic (exact) mass is 338 g/mol. The summed E-state index contributed by atoms with van der Waals surface area (Å²) in [7, 11) is 0. The van der Waals surface area contributed by atoms with Gasteiger partial charge in [0.15, 0.2) is 0 Å². The Hall–Kier alpha value is -2.00. The Bertz CT molecular complexity index is 695. The van der Waals surface area contributed by atoms with Gasteiger partial charge in [0.25, 0.3) is 0 Å². The molecule has 0 radical (unpaired) electrons. The maximum Gasteiger partial charge on any atom is 0.115 e. The molecule has 1 aliphatic rings. The van der Waals surface area contributed by atoms with Gasteiger partial charge in [-0.3, -0.25) is 0 Å². The number of benzene rings is 2. The van der Waals surface area contributed by atoms with E-state index in [1.54, 1.807) is 6.07 Å². The standard InChI is InChI=1S/C22H30N2O/c1-17(2)15-22(19-4-3-5-21(25)14-19)11-13-24(16-22)12-10-18-6-8-20(23)9-7-18/h3-9,14,17,25H,10-13,15-16,23H2,1-2H3. The minimum Gasteiger partial charge on any atom is -0.508 e. The number of nitrogens with zero attached hydrogens (tertiary/aromatic N) is 1. The topological polar surface area (TPSA) is 49.5 Å². The molecule has 3 N–H and O–H groups in total. The van der Waals surface area contributed by atoms with Crippen LogP contribution in [0, 0.1) is 5.92 Å². The normalized spacial score (nSPS) is 21.1. The second-order valence-corrected chi connectivity index (χ2v) is 7.95. The van der Waals surface area contributed by atoms with Crippen molar-refractivity contribution in [3.63, 3.8) is 0 Å². The number of aromatic hydroxyl groups is 1. The fourth-order valence-electron chi connectivity index (χ4n) is 4.26. The lowest BCUT2D eigenvalue weighted by atomic mass is 9.73. The highest BCUT2D eigenvalue weighted by Crippen LogP contribution is 2.41. The first-order valence-electron chi connectivity index (χ1n) is 9.33. The van der Waals surface area contributed by atoms with Crippen LogP contribution in [0.4, 0.5) is 5.69 Å². The predicted octanol–water partition coefficient (Wildman–Crippen LogP) is 4.21. The second-order valence-electron chi connectivity index (χ2n) is 7.95. The summed E-state index contributed by atoms with van der Waals surface area (Å²) >= 11 is 0. The van der Waals surface area contributed by atoms with E-state index in [4.69, 9.17) is 5.73 Å². The van der Waals surface area contributed by atoms with E-state index in [0.717, 1.165) is 44.6 Å². The van der Waals surface area contributed by atoms with Crippen LogP contribution >= 0.6 is 0 Å². The van der Waals surface area contributed by atoms with Crippen molar-refractivity contribution in [2.24, 2.45) is 5.92 Å². The summed E-state index contributed by atoms with van der Waals surface area (Å²) in [6.45, 7) is 7.85. The third-order valence-electron chi connectivity index (χ3n) is 5.39. The first-order chi connectivity index (χ1) is 12.0. The molecule has 0 amide bonds. The molecule has 1 heterocycles. The lowest BCUT2D eigenvalue weighted by Gasteiger charge is -2.32. The molecule has 134 valence electrons. The third kappa shape index (κ3) is 4.35. The van der Waals surface area contributed by atoms with Crippen LogP contribution in [0.5, 0.6) is 5.75 Å². The number of nitrogen functional groups attached to an aromatic ring is 1. The van der Waals surface area contributed by atoms with E-state index in [9.17, 15) is 5.11 Å². The van der Waals surface area contributed by atoms with Crippen LogP contribution < -0.4 is 5.73 Å². The molecule has 2 aromatic carbocycles. The first-order valence-corrected chi connectivity index (χ1v) is 9.33. The summed E-state index contributed by atoms with van der Waals surface area (Å²) in [5.74, 6) is 1.01. The van der Waals surface area contributed by atoms with Crippen LogP contribution in [0.1, 0.15) is 37.8 Å². The highest BCUT2D eigenvalue weighted by Gasteiger charge is 2.39. The Morgan fingerprint density at radius 1 is 1.16 bits per heavy atom. The van der Waals surface area contributed by atoms with Crippen LogP contribution in [0.3, 0.4) is 0 Å². The molecule has 2 aromatic rings. The van der Waals surface area contributed by atoms with Crippen LogP contribution in [-0.2, 0) is 11.8 Å². The van der Waals surface area contributed by atoms with Crippen LogP contribution in [0.15, 0.2) is 48.5 Å². The molecule has 0 aromatic heterocycles. The highest BCUT2D eigenvalue weighted by atomic mass is 16.3. The number of anilines is 1. The van der Waals surface area contributed by atoms with Crippen molar-refractivity contribution in [3.8, 4) is 5.75 Å². The lowest BCUT2D eigenvalue weighted by Crippen LogP contribution is -2.33. The second kappa shape index (κ2) is 7.49. The van der Waals surface area contributed by atoms with E-state index >= 15 is 0 Å². The summed E-state index contributed by atoms with van der Waals surface area (Å²) in [6, 6.07) is 16.1. The van der Waals surface area contributed by atoms with Gasteiger partial charge in [0.05, 0.1) is 0 Å². The number of phenols is 1. The van der Waals surface area contributed by atoms with Gasteiger partial charge in [-0.05, 0) is 67.1 Å². The number of hydrogen-bond donors (Lipinski definition) is 2. The van der Waals surface area contributed by atoms with Crippen molar-refractivity contribution in [1.82, 2.24) is 4.90 Å². The Morgan fingerprint density at radius 3 is 2.60 bits per heavy atom. The van der Waals surface area contributed by atoms with E-state index in [0.29, 0.717) is 11.7 Å². The summed E-state index contributed by atoms with van der Waals surface area (Å²) in [5, 5.41) is 9.94. The Labute approximate surface area is 151 Å². The van der Waals surface area contributed by atoms with Crippen molar-refractivity contribution in [2.75, 3.05) is 25.4 Å². The molecule has 25 heavy (non-hydrogen) atoms. The van der Waals surface area contributed by atoms with Gasteiger partial charge >= 0.3 is 0 Å². The molecule has 1 unspecified atom stereocenters. The molecule has 0 spiro atoms.